The van der Waals surface area contributed by atoms with Crippen LogP contribution in [-0.2, 0) is 38.1 Å². The molecular weight excluding hydrogens is 793 g/mol. The summed E-state index contributed by atoms with van der Waals surface area (Å²) in [4.78, 5) is 51.0. The molecule has 0 aliphatic rings. The Kier molecular flexibility index (Phi) is 64.1. The summed E-state index contributed by atoms with van der Waals surface area (Å²) >= 11 is 0. The maximum Gasteiger partial charge on any atom is 0.243 e. The quantitative estimate of drug-likeness (QED) is 0.0266. The van der Waals surface area contributed by atoms with Gasteiger partial charge in [-0.05, 0) is 76.5 Å². The Morgan fingerprint density at radius 3 is 1.55 bits per heavy atom. The van der Waals surface area contributed by atoms with Gasteiger partial charge in [-0.25, -0.2) is 0 Å². The summed E-state index contributed by atoms with van der Waals surface area (Å²) in [5, 5.41) is 11.0. The summed E-state index contributed by atoms with van der Waals surface area (Å²) in [5.41, 5.74) is 21.1. The predicted octanol–water partition coefficient (Wildman–Crippen LogP) is 4.42. The summed E-state index contributed by atoms with van der Waals surface area (Å²) in [7, 11) is 1.50. The molecule has 12 N–H and O–H groups in total. The molecule has 0 saturated carbocycles. The molecule has 366 valence electrons. The van der Waals surface area contributed by atoms with E-state index in [9.17, 15) is 19.2 Å². The van der Waals surface area contributed by atoms with E-state index >= 15 is 0 Å². The molecule has 3 atom stereocenters. The van der Waals surface area contributed by atoms with Crippen molar-refractivity contribution in [2.24, 2.45) is 34.8 Å². The number of unbranched alkanes of at least 4 members (excludes halogenated alkanes) is 2. The Hall–Kier alpha value is -3.98. The summed E-state index contributed by atoms with van der Waals surface area (Å²) in [6.45, 7) is 33.0. The summed E-state index contributed by atoms with van der Waals surface area (Å²) in [6, 6.07) is -2.77. The largest absolute Gasteiger partial charge is 0.386 e. The van der Waals surface area contributed by atoms with Gasteiger partial charge in [0.1, 0.15) is 18.1 Å². The van der Waals surface area contributed by atoms with Crippen LogP contribution in [0.3, 0.4) is 0 Å². The number of rotatable bonds is 32. The van der Waals surface area contributed by atoms with Crippen LogP contribution in [-0.4, -0.2) is 115 Å². The molecule has 0 heterocycles. The summed E-state index contributed by atoms with van der Waals surface area (Å²) in [5.74, 6) is 0.895. The van der Waals surface area contributed by atoms with Crippen LogP contribution in [0, 0.1) is 24.2 Å². The third-order valence-corrected chi connectivity index (χ3v) is 7.08. The van der Waals surface area contributed by atoms with Crippen LogP contribution in [0.15, 0.2) is 37.7 Å². The molecule has 0 rings (SSSR count). The molecule has 0 radical (unpaired) electrons. The van der Waals surface area contributed by atoms with Crippen molar-refractivity contribution < 1.29 is 38.1 Å². The van der Waals surface area contributed by atoms with Gasteiger partial charge in [0.05, 0.1) is 52.1 Å². The third kappa shape index (κ3) is 58.1. The number of carbonyl (C=O) groups excluding carboxylic acids is 4. The first-order chi connectivity index (χ1) is 29.6. The highest BCUT2D eigenvalue weighted by atomic mass is 16.6. The minimum atomic E-state index is -0.960. The lowest BCUT2D eigenvalue weighted by molar-refractivity contribution is -0.134. The molecule has 0 fully saturated rings. The zero-order valence-electron chi connectivity index (χ0n) is 40.8. The second-order valence-corrected chi connectivity index (χ2v) is 14.1. The van der Waals surface area contributed by atoms with E-state index < -0.39 is 35.8 Å². The van der Waals surface area contributed by atoms with Crippen molar-refractivity contribution in [3.05, 3.63) is 37.7 Å². The number of hydrogen-bond donors (Lipinski definition) is 8. The monoisotopic (exact) mass is 887 g/mol. The maximum absolute atomic E-state index is 13.3. The summed E-state index contributed by atoms with van der Waals surface area (Å²) < 4.78 is 21.6. The molecule has 0 aliphatic carbocycles. The van der Waals surface area contributed by atoms with Gasteiger partial charge in [0.15, 0.2) is 0 Å². The Morgan fingerprint density at radius 1 is 0.710 bits per heavy atom. The number of allylic oxidation sites excluding steroid dienone is 2. The van der Waals surface area contributed by atoms with Gasteiger partial charge in [-0.2, -0.15) is 0 Å². The fourth-order valence-corrected chi connectivity index (χ4v) is 4.19. The topological polar surface area (TPSA) is 257 Å². The van der Waals surface area contributed by atoms with Gasteiger partial charge in [-0.3, -0.25) is 19.2 Å². The third-order valence-electron chi connectivity index (χ3n) is 7.08. The lowest BCUT2D eigenvalue weighted by Crippen LogP contribution is -2.58. The number of ether oxygens (including phenoxy) is 4. The van der Waals surface area contributed by atoms with Crippen molar-refractivity contribution in [2.75, 3.05) is 73.0 Å². The molecule has 4 amide bonds. The molecule has 0 saturated heterocycles. The average Bonchev–Trinajstić information content (AvgIpc) is 3.23. The number of primary amides is 1. The number of amides is 4. The number of carbonyl (C=O) groups is 4. The van der Waals surface area contributed by atoms with Gasteiger partial charge in [0.2, 0.25) is 23.6 Å². The molecule has 3 unspecified atom stereocenters. The van der Waals surface area contributed by atoms with E-state index in [2.05, 4.69) is 86.8 Å². The van der Waals surface area contributed by atoms with Crippen molar-refractivity contribution in [2.45, 2.75) is 138 Å². The van der Waals surface area contributed by atoms with E-state index in [0.29, 0.717) is 84.2 Å². The molecule has 0 spiro atoms. The molecule has 16 nitrogen and oxygen atoms in total. The van der Waals surface area contributed by atoms with Crippen molar-refractivity contribution in [3.63, 3.8) is 0 Å². The van der Waals surface area contributed by atoms with Gasteiger partial charge in [-0.15, -0.1) is 13.0 Å². The molecule has 62 heavy (non-hydrogen) atoms. The van der Waals surface area contributed by atoms with Crippen molar-refractivity contribution in [1.82, 2.24) is 21.3 Å². The molecule has 0 aromatic rings. The first kappa shape index (κ1) is 69.7. The normalized spacial score (nSPS) is 11.1. The van der Waals surface area contributed by atoms with E-state index in [1.54, 1.807) is 13.8 Å². The maximum atomic E-state index is 13.3. The van der Waals surface area contributed by atoms with Gasteiger partial charge < -0.3 is 63.1 Å². The average molecular weight is 887 g/mol. The van der Waals surface area contributed by atoms with E-state index in [0.717, 1.165) is 25.4 Å². The lowest BCUT2D eigenvalue weighted by Gasteiger charge is -2.27. The highest BCUT2D eigenvalue weighted by Crippen LogP contribution is 2.08. The fraction of sp³-hybridized carbons (Fsp3) is 0.739. The number of hydrogen-bond acceptors (Lipinski definition) is 12. The molecule has 0 aliphatic heterocycles. The van der Waals surface area contributed by atoms with Crippen LogP contribution in [0.1, 0.15) is 120 Å². The highest BCUT2D eigenvalue weighted by molar-refractivity contribution is 5.94. The zero-order chi connectivity index (χ0) is 49.0. The van der Waals surface area contributed by atoms with Crippen molar-refractivity contribution in [3.8, 4) is 12.3 Å². The first-order valence-electron chi connectivity index (χ1n) is 22.2. The summed E-state index contributed by atoms with van der Waals surface area (Å²) in [6.07, 6.45) is 13.8. The van der Waals surface area contributed by atoms with Crippen LogP contribution in [0.2, 0.25) is 0 Å². The Morgan fingerprint density at radius 2 is 1.18 bits per heavy atom. The van der Waals surface area contributed by atoms with Crippen LogP contribution < -0.4 is 44.2 Å². The van der Waals surface area contributed by atoms with Gasteiger partial charge in [-0.1, -0.05) is 93.9 Å². The number of nitrogens with two attached hydrogens (primary N) is 4. The van der Waals surface area contributed by atoms with Crippen molar-refractivity contribution in [1.29, 1.82) is 0 Å². The van der Waals surface area contributed by atoms with Gasteiger partial charge in [0, 0.05) is 19.6 Å². The standard InChI is InChI=1S/C30H59N7O8.C5H10.C4H10.C4H4.C2H6.CH5N/c1-5-14-42-16-18-44-20-21-45-19-17-43-15-11-26(38)35-25(9-6-7-12-31)29(40)37-27(22(2)3)30(41)36-24(28(33)39)10-8-13-34-23(4)32;1-3-5-4-2;1-4(2)3;1-3-4-2;2*1-2/h22,24-25,27,34H,4-21,31-32H2,1-3H3,(H2,33,39)(H,35,38)(H,36,41)(H,37,40);3H,1,4-5H2,2H3;4H,1-3H3;1,4H,2H2;1-2H3;2H2,1H3. The lowest BCUT2D eigenvalue weighted by atomic mass is 10.0. The van der Waals surface area contributed by atoms with E-state index in [1.807, 2.05) is 26.8 Å². The Balaban J connectivity index is -0.000000391. The number of terminal acetylenes is 1. The highest BCUT2D eigenvalue weighted by Gasteiger charge is 2.30. The fourth-order valence-electron chi connectivity index (χ4n) is 4.19. The molecule has 16 heteroatoms. The second kappa shape index (κ2) is 57.0. The number of nitrogens with one attached hydrogen (secondary N) is 4. The van der Waals surface area contributed by atoms with Crippen molar-refractivity contribution >= 4 is 23.6 Å². The zero-order valence-corrected chi connectivity index (χ0v) is 40.8. The van der Waals surface area contributed by atoms with E-state index in [-0.39, 0.29) is 31.3 Å². The Labute approximate surface area is 378 Å². The SMILES string of the molecule is C#CC=C.C=C(N)NCCCC(NC(=O)C(NC(=O)C(CCCCN)NC(=O)CCOCCOCCOCCOCCC)C(C)C)C(N)=O.C=CCCC.CC.CC(C)C.CN. The first-order valence-corrected chi connectivity index (χ1v) is 22.2. The molecular formula is C46H94N8O8. The smallest absolute Gasteiger partial charge is 0.243 e. The Bertz CT molecular complexity index is 1100. The van der Waals surface area contributed by atoms with Crippen LogP contribution in [0.25, 0.3) is 0 Å². The van der Waals surface area contributed by atoms with E-state index in [4.69, 9.17) is 36.1 Å². The molecule has 0 aromatic heterocycles. The molecule has 0 aromatic carbocycles. The van der Waals surface area contributed by atoms with E-state index in [1.165, 1.54) is 19.5 Å². The van der Waals surface area contributed by atoms with Crippen LogP contribution >= 0.6 is 0 Å². The van der Waals surface area contributed by atoms with Crippen LogP contribution in [0.5, 0.6) is 0 Å². The van der Waals surface area contributed by atoms with Gasteiger partial charge >= 0.3 is 0 Å². The minimum Gasteiger partial charge on any atom is -0.386 e. The second-order valence-electron chi connectivity index (χ2n) is 14.1. The van der Waals surface area contributed by atoms with Gasteiger partial charge in [0.25, 0.3) is 0 Å². The predicted molar refractivity (Wildman–Crippen MR) is 258 cm³/mol. The van der Waals surface area contributed by atoms with Crippen LogP contribution in [0.4, 0.5) is 0 Å². The molecule has 0 bridgehead atoms. The minimum absolute atomic E-state index is 0.0439.